The zero-order valence-electron chi connectivity index (χ0n) is 13.3. The number of nitrogens with one attached hydrogen (secondary N) is 1. The third-order valence-electron chi connectivity index (χ3n) is 3.44. The number of benzene rings is 2. The van der Waals surface area contributed by atoms with Crippen LogP contribution in [0.25, 0.3) is 0 Å². The molecule has 0 atom stereocenters. The number of rotatable bonds is 4. The summed E-state index contributed by atoms with van der Waals surface area (Å²) in [5.41, 5.74) is 1.88. The van der Waals surface area contributed by atoms with E-state index in [0.717, 1.165) is 34.1 Å². The smallest absolute Gasteiger partial charge is 0.221 e. The normalized spacial score (nSPS) is 13.2. The molecule has 0 saturated heterocycles. The van der Waals surface area contributed by atoms with Crippen molar-refractivity contribution >= 4 is 35.0 Å². The van der Waals surface area contributed by atoms with E-state index in [1.807, 2.05) is 36.4 Å². The van der Waals surface area contributed by atoms with Crippen molar-refractivity contribution in [3.63, 3.8) is 0 Å². The van der Waals surface area contributed by atoms with E-state index in [0.29, 0.717) is 24.0 Å². The summed E-state index contributed by atoms with van der Waals surface area (Å²) in [4.78, 5) is 12.1. The van der Waals surface area contributed by atoms with Gasteiger partial charge in [0.15, 0.2) is 11.5 Å². The summed E-state index contributed by atoms with van der Waals surface area (Å²) in [5, 5.41) is 3.35. The van der Waals surface area contributed by atoms with Gasteiger partial charge < -0.3 is 14.8 Å². The third kappa shape index (κ3) is 4.36. The fraction of sp³-hybridized carbons (Fsp3) is 0.278. The molecule has 24 heavy (non-hydrogen) atoms. The van der Waals surface area contributed by atoms with Crippen molar-refractivity contribution in [2.45, 2.75) is 24.0 Å². The van der Waals surface area contributed by atoms with Gasteiger partial charge in [-0.05, 0) is 42.0 Å². The second kappa shape index (κ2) is 7.81. The monoisotopic (exact) mass is 363 g/mol. The van der Waals surface area contributed by atoms with Gasteiger partial charge in [-0.2, -0.15) is 0 Å². The lowest BCUT2D eigenvalue weighted by molar-refractivity contribution is -0.114. The Bertz CT molecular complexity index is 734. The van der Waals surface area contributed by atoms with Gasteiger partial charge in [0.2, 0.25) is 5.91 Å². The average molecular weight is 364 g/mol. The van der Waals surface area contributed by atoms with Crippen LogP contribution in [-0.4, -0.2) is 19.1 Å². The predicted molar refractivity (Wildman–Crippen MR) is 97.4 cm³/mol. The van der Waals surface area contributed by atoms with Crippen LogP contribution >= 0.6 is 23.4 Å². The van der Waals surface area contributed by atoms with E-state index in [1.165, 1.54) is 6.92 Å². The molecule has 1 heterocycles. The van der Waals surface area contributed by atoms with Gasteiger partial charge in [-0.1, -0.05) is 11.6 Å². The Kier molecular flexibility index (Phi) is 5.53. The van der Waals surface area contributed by atoms with Crippen LogP contribution in [0.2, 0.25) is 5.02 Å². The first-order chi connectivity index (χ1) is 11.6. The maximum Gasteiger partial charge on any atom is 0.221 e. The Morgan fingerprint density at radius 1 is 1.21 bits per heavy atom. The second-order valence-electron chi connectivity index (χ2n) is 5.45. The molecule has 3 rings (SSSR count). The summed E-state index contributed by atoms with van der Waals surface area (Å²) in [6.07, 6.45) is 0.857. The van der Waals surface area contributed by atoms with Gasteiger partial charge in [0, 0.05) is 29.7 Å². The van der Waals surface area contributed by atoms with Crippen LogP contribution < -0.4 is 14.8 Å². The molecule has 0 aliphatic carbocycles. The summed E-state index contributed by atoms with van der Waals surface area (Å²) in [5.74, 6) is 2.06. The topological polar surface area (TPSA) is 47.6 Å². The number of thioether (sulfide) groups is 1. The summed E-state index contributed by atoms with van der Waals surface area (Å²) in [6, 6.07) is 11.7. The van der Waals surface area contributed by atoms with Crippen LogP contribution in [-0.2, 0) is 10.5 Å². The standard InChI is InChI=1S/C18H18ClNO3S/c1-12(21)20-14-3-5-15(6-4-14)24-11-13-9-16(19)18-17(10-13)22-7-2-8-23-18/h3-6,9-10H,2,7-8,11H2,1H3,(H,20,21). The molecule has 0 spiro atoms. The van der Waals surface area contributed by atoms with E-state index in [4.69, 9.17) is 21.1 Å². The van der Waals surface area contributed by atoms with Gasteiger partial charge in [0.1, 0.15) is 0 Å². The number of fused-ring (bicyclic) bond motifs is 1. The number of halogens is 1. The lowest BCUT2D eigenvalue weighted by atomic mass is 10.2. The van der Waals surface area contributed by atoms with Gasteiger partial charge in [0.25, 0.3) is 0 Å². The van der Waals surface area contributed by atoms with Crippen molar-refractivity contribution in [3.8, 4) is 11.5 Å². The molecule has 1 aliphatic rings. The first-order valence-corrected chi connectivity index (χ1v) is 9.06. The van der Waals surface area contributed by atoms with Gasteiger partial charge in [0.05, 0.1) is 18.2 Å². The Balaban J connectivity index is 1.67. The Hall–Kier alpha value is -1.85. The number of anilines is 1. The quantitative estimate of drug-likeness (QED) is 0.796. The molecule has 0 radical (unpaired) electrons. The lowest BCUT2D eigenvalue weighted by Gasteiger charge is -2.11. The Labute approximate surface area is 150 Å². The van der Waals surface area contributed by atoms with Crippen LogP contribution in [0.15, 0.2) is 41.3 Å². The number of ether oxygens (including phenoxy) is 2. The van der Waals surface area contributed by atoms with Crippen LogP contribution in [0.1, 0.15) is 18.9 Å². The summed E-state index contributed by atoms with van der Waals surface area (Å²) in [6.45, 7) is 2.77. The maximum atomic E-state index is 11.0. The molecule has 0 bridgehead atoms. The molecule has 2 aromatic rings. The maximum absolute atomic E-state index is 11.0. The van der Waals surface area contributed by atoms with Crippen LogP contribution in [0.3, 0.4) is 0 Å². The van der Waals surface area contributed by atoms with E-state index in [1.54, 1.807) is 11.8 Å². The van der Waals surface area contributed by atoms with Crippen molar-refractivity contribution in [3.05, 3.63) is 47.0 Å². The van der Waals surface area contributed by atoms with E-state index in [9.17, 15) is 4.79 Å². The molecular formula is C18H18ClNO3S. The molecule has 2 aromatic carbocycles. The third-order valence-corrected chi connectivity index (χ3v) is 4.81. The van der Waals surface area contributed by atoms with Gasteiger partial charge >= 0.3 is 0 Å². The highest BCUT2D eigenvalue weighted by Gasteiger charge is 2.15. The molecule has 0 aromatic heterocycles. The first kappa shape index (κ1) is 17.0. The molecule has 1 aliphatic heterocycles. The van der Waals surface area contributed by atoms with Crippen molar-refractivity contribution in [1.29, 1.82) is 0 Å². The molecule has 1 amide bonds. The van der Waals surface area contributed by atoms with E-state index < -0.39 is 0 Å². The Morgan fingerprint density at radius 2 is 1.96 bits per heavy atom. The number of carbonyl (C=O) groups is 1. The highest BCUT2D eigenvalue weighted by atomic mass is 35.5. The van der Waals surface area contributed by atoms with Gasteiger partial charge in [-0.25, -0.2) is 0 Å². The largest absolute Gasteiger partial charge is 0.489 e. The Morgan fingerprint density at radius 3 is 2.71 bits per heavy atom. The zero-order chi connectivity index (χ0) is 16.9. The minimum Gasteiger partial charge on any atom is -0.489 e. The van der Waals surface area contributed by atoms with Crippen LogP contribution in [0.4, 0.5) is 5.69 Å². The number of hydrogen-bond acceptors (Lipinski definition) is 4. The van der Waals surface area contributed by atoms with E-state index >= 15 is 0 Å². The fourth-order valence-electron chi connectivity index (χ4n) is 2.37. The first-order valence-electron chi connectivity index (χ1n) is 7.70. The molecule has 0 saturated carbocycles. The molecule has 4 nitrogen and oxygen atoms in total. The molecule has 1 N–H and O–H groups in total. The molecule has 0 unspecified atom stereocenters. The summed E-state index contributed by atoms with van der Waals surface area (Å²) in [7, 11) is 0. The molecular weight excluding hydrogens is 346 g/mol. The average Bonchev–Trinajstić information content (AvgIpc) is 2.79. The zero-order valence-corrected chi connectivity index (χ0v) is 14.9. The number of amides is 1. The van der Waals surface area contributed by atoms with Gasteiger partial charge in [-0.3, -0.25) is 4.79 Å². The van der Waals surface area contributed by atoms with Crippen LogP contribution in [0, 0.1) is 0 Å². The number of carbonyl (C=O) groups excluding carboxylic acids is 1. The van der Waals surface area contributed by atoms with Crippen molar-refractivity contribution in [2.75, 3.05) is 18.5 Å². The highest BCUT2D eigenvalue weighted by Crippen LogP contribution is 2.39. The molecule has 126 valence electrons. The molecule has 6 heteroatoms. The molecule has 0 fully saturated rings. The fourth-order valence-corrected chi connectivity index (χ4v) is 3.49. The van der Waals surface area contributed by atoms with E-state index in [2.05, 4.69) is 5.32 Å². The minimum atomic E-state index is -0.0720. The van der Waals surface area contributed by atoms with Crippen molar-refractivity contribution < 1.29 is 14.3 Å². The lowest BCUT2D eigenvalue weighted by Crippen LogP contribution is -2.05. The van der Waals surface area contributed by atoms with Crippen LogP contribution in [0.5, 0.6) is 11.5 Å². The van der Waals surface area contributed by atoms with Crippen molar-refractivity contribution in [1.82, 2.24) is 0 Å². The highest BCUT2D eigenvalue weighted by molar-refractivity contribution is 7.98. The minimum absolute atomic E-state index is 0.0720. The van der Waals surface area contributed by atoms with E-state index in [-0.39, 0.29) is 5.91 Å². The predicted octanol–water partition coefficient (Wildman–Crippen LogP) is 4.75. The SMILES string of the molecule is CC(=O)Nc1ccc(SCc2cc(Cl)c3c(c2)OCCCO3)cc1. The summed E-state index contributed by atoms with van der Waals surface area (Å²) >= 11 is 8.01. The summed E-state index contributed by atoms with van der Waals surface area (Å²) < 4.78 is 11.4. The van der Waals surface area contributed by atoms with Crippen molar-refractivity contribution in [2.24, 2.45) is 0 Å². The van der Waals surface area contributed by atoms with Gasteiger partial charge in [-0.15, -0.1) is 11.8 Å². The second-order valence-corrected chi connectivity index (χ2v) is 6.91. The number of hydrogen-bond donors (Lipinski definition) is 1.